The van der Waals surface area contributed by atoms with Gasteiger partial charge >= 0.3 is 11.9 Å². The van der Waals surface area contributed by atoms with Crippen LogP contribution in [0.1, 0.15) is 43.7 Å². The van der Waals surface area contributed by atoms with Crippen LogP contribution in [-0.4, -0.2) is 11.9 Å². The lowest BCUT2D eigenvalue weighted by molar-refractivity contribution is -0.122. The van der Waals surface area contributed by atoms with E-state index >= 15 is 0 Å². The van der Waals surface area contributed by atoms with Crippen LogP contribution >= 0.6 is 11.6 Å². The first-order valence-corrected chi connectivity index (χ1v) is 7.01. The zero-order valence-corrected chi connectivity index (χ0v) is 11.5. The second-order valence-corrected chi connectivity index (χ2v) is 5.30. The Hall–Kier alpha value is -1.53. The SMILES string of the molecule is [C-]#[N+]C(C(=O)NC1CCCCC1)c1ccccc1Cl. The molecule has 1 aliphatic rings. The summed E-state index contributed by atoms with van der Waals surface area (Å²) in [6.07, 6.45) is 5.57. The highest BCUT2D eigenvalue weighted by atomic mass is 35.5. The molecule has 0 saturated heterocycles. The fraction of sp³-hybridized carbons (Fsp3) is 0.467. The topological polar surface area (TPSA) is 33.5 Å². The Bertz CT molecular complexity index is 489. The van der Waals surface area contributed by atoms with Gasteiger partial charge in [0.05, 0.1) is 10.6 Å². The summed E-state index contributed by atoms with van der Waals surface area (Å²) < 4.78 is 0. The van der Waals surface area contributed by atoms with Gasteiger partial charge in [-0.3, -0.25) is 9.64 Å². The van der Waals surface area contributed by atoms with Crippen molar-refractivity contribution in [2.24, 2.45) is 0 Å². The van der Waals surface area contributed by atoms with Gasteiger partial charge in [-0.25, -0.2) is 6.57 Å². The van der Waals surface area contributed by atoms with Gasteiger partial charge in [0.25, 0.3) is 0 Å². The van der Waals surface area contributed by atoms with Gasteiger partial charge in [0.2, 0.25) is 0 Å². The Morgan fingerprint density at radius 2 is 2.00 bits per heavy atom. The van der Waals surface area contributed by atoms with Crippen molar-refractivity contribution in [2.75, 3.05) is 0 Å². The van der Waals surface area contributed by atoms with Crippen molar-refractivity contribution in [3.05, 3.63) is 46.3 Å². The van der Waals surface area contributed by atoms with Crippen LogP contribution in [0.25, 0.3) is 4.85 Å². The highest BCUT2D eigenvalue weighted by Gasteiger charge is 2.29. The summed E-state index contributed by atoms with van der Waals surface area (Å²) in [4.78, 5) is 15.6. The smallest absolute Gasteiger partial charge is 0.326 e. The molecule has 1 unspecified atom stereocenters. The number of amides is 1. The Balaban J connectivity index is 2.07. The van der Waals surface area contributed by atoms with E-state index in [1.807, 2.05) is 0 Å². The maximum Gasteiger partial charge on any atom is 0.326 e. The van der Waals surface area contributed by atoms with Crippen molar-refractivity contribution in [1.29, 1.82) is 0 Å². The maximum atomic E-state index is 12.2. The number of benzene rings is 1. The first-order chi connectivity index (χ1) is 9.22. The molecule has 3 nitrogen and oxygen atoms in total. The summed E-state index contributed by atoms with van der Waals surface area (Å²) in [6.45, 7) is 7.25. The van der Waals surface area contributed by atoms with Crippen LogP contribution in [0.3, 0.4) is 0 Å². The van der Waals surface area contributed by atoms with Crippen LogP contribution in [0.5, 0.6) is 0 Å². The summed E-state index contributed by atoms with van der Waals surface area (Å²) in [5.41, 5.74) is 0.590. The number of hydrogen-bond donors (Lipinski definition) is 1. The lowest BCUT2D eigenvalue weighted by Crippen LogP contribution is -2.38. The fourth-order valence-electron chi connectivity index (χ4n) is 2.49. The standard InChI is InChI=1S/C15H17ClN2O/c1-17-14(12-9-5-6-10-13(12)16)15(19)18-11-7-3-2-4-8-11/h5-6,9-11,14H,2-4,7-8H2,(H,18,19). The number of nitrogens with one attached hydrogen (secondary N) is 1. The van der Waals surface area contributed by atoms with Crippen molar-refractivity contribution in [3.63, 3.8) is 0 Å². The predicted molar refractivity (Wildman–Crippen MR) is 75.8 cm³/mol. The van der Waals surface area contributed by atoms with Crippen molar-refractivity contribution < 1.29 is 4.79 Å². The van der Waals surface area contributed by atoms with Gasteiger partial charge in [-0.05, 0) is 25.0 Å². The third-order valence-electron chi connectivity index (χ3n) is 3.53. The second kappa shape index (κ2) is 6.58. The number of hydrogen-bond acceptors (Lipinski definition) is 1. The normalized spacial score (nSPS) is 17.5. The van der Waals surface area contributed by atoms with Gasteiger partial charge in [0.1, 0.15) is 0 Å². The lowest BCUT2D eigenvalue weighted by atomic mass is 9.95. The molecule has 100 valence electrons. The molecule has 0 heterocycles. The molecule has 0 radical (unpaired) electrons. The van der Waals surface area contributed by atoms with E-state index in [9.17, 15) is 4.79 Å². The number of halogens is 1. The largest absolute Gasteiger partial charge is 0.346 e. The average molecular weight is 277 g/mol. The van der Waals surface area contributed by atoms with Crippen molar-refractivity contribution in [2.45, 2.75) is 44.2 Å². The van der Waals surface area contributed by atoms with Gasteiger partial charge < -0.3 is 5.32 Å². The predicted octanol–water partition coefficient (Wildman–Crippen LogP) is 3.75. The zero-order chi connectivity index (χ0) is 13.7. The summed E-state index contributed by atoms with van der Waals surface area (Å²) in [7, 11) is 0. The van der Waals surface area contributed by atoms with Crippen LogP contribution < -0.4 is 5.32 Å². The third-order valence-corrected chi connectivity index (χ3v) is 3.87. The Morgan fingerprint density at radius 3 is 2.63 bits per heavy atom. The van der Waals surface area contributed by atoms with E-state index in [0.29, 0.717) is 10.6 Å². The van der Waals surface area contributed by atoms with Crippen LogP contribution in [0.4, 0.5) is 0 Å². The van der Waals surface area contributed by atoms with E-state index < -0.39 is 6.04 Å². The van der Waals surface area contributed by atoms with E-state index in [4.69, 9.17) is 18.2 Å². The van der Waals surface area contributed by atoms with Gasteiger partial charge in [-0.1, -0.05) is 43.0 Å². The minimum absolute atomic E-state index is 0.216. The molecule has 1 aromatic rings. The van der Waals surface area contributed by atoms with E-state index in [-0.39, 0.29) is 11.9 Å². The molecule has 1 aliphatic carbocycles. The van der Waals surface area contributed by atoms with E-state index in [1.54, 1.807) is 24.3 Å². The van der Waals surface area contributed by atoms with Crippen LogP contribution in [0.15, 0.2) is 24.3 Å². The Labute approximate surface area is 118 Å². The Morgan fingerprint density at radius 1 is 1.32 bits per heavy atom. The molecular weight excluding hydrogens is 260 g/mol. The fourth-order valence-corrected chi connectivity index (χ4v) is 2.73. The van der Waals surface area contributed by atoms with E-state index in [1.165, 1.54) is 6.42 Å². The molecule has 1 amide bonds. The molecular formula is C15H17ClN2O. The number of nitrogens with zero attached hydrogens (tertiary/aromatic N) is 1. The van der Waals surface area contributed by atoms with Gasteiger partial charge in [0, 0.05) is 6.04 Å². The monoisotopic (exact) mass is 276 g/mol. The van der Waals surface area contributed by atoms with Crippen molar-refractivity contribution >= 4 is 17.5 Å². The lowest BCUT2D eigenvalue weighted by Gasteiger charge is -2.23. The molecule has 2 rings (SSSR count). The number of rotatable bonds is 3. The molecule has 0 aliphatic heterocycles. The molecule has 1 atom stereocenters. The minimum Gasteiger partial charge on any atom is -0.346 e. The van der Waals surface area contributed by atoms with E-state index in [0.717, 1.165) is 25.7 Å². The number of carbonyl (C=O) groups is 1. The third kappa shape index (κ3) is 3.48. The first-order valence-electron chi connectivity index (χ1n) is 6.63. The molecule has 1 N–H and O–H groups in total. The molecule has 1 fully saturated rings. The Kier molecular flexibility index (Phi) is 4.81. The highest BCUT2D eigenvalue weighted by molar-refractivity contribution is 6.31. The highest BCUT2D eigenvalue weighted by Crippen LogP contribution is 2.26. The van der Waals surface area contributed by atoms with Crippen molar-refractivity contribution in [1.82, 2.24) is 5.32 Å². The molecule has 1 saturated carbocycles. The molecule has 0 spiro atoms. The molecule has 4 heteroatoms. The van der Waals surface area contributed by atoms with Gasteiger partial charge in [-0.2, -0.15) is 0 Å². The zero-order valence-electron chi connectivity index (χ0n) is 10.7. The minimum atomic E-state index is -0.837. The van der Waals surface area contributed by atoms with Crippen LogP contribution in [-0.2, 0) is 4.79 Å². The summed E-state index contributed by atoms with van der Waals surface area (Å²) in [5, 5.41) is 3.46. The maximum absolute atomic E-state index is 12.2. The first kappa shape index (κ1) is 13.9. The van der Waals surface area contributed by atoms with Gasteiger partial charge in [-0.15, -0.1) is 0 Å². The van der Waals surface area contributed by atoms with Gasteiger partial charge in [0.15, 0.2) is 0 Å². The van der Waals surface area contributed by atoms with E-state index in [2.05, 4.69) is 10.2 Å². The summed E-state index contributed by atoms with van der Waals surface area (Å²) >= 11 is 6.06. The molecule has 19 heavy (non-hydrogen) atoms. The molecule has 1 aromatic carbocycles. The molecule has 0 aromatic heterocycles. The molecule has 0 bridgehead atoms. The van der Waals surface area contributed by atoms with Crippen LogP contribution in [0, 0.1) is 6.57 Å². The van der Waals surface area contributed by atoms with Crippen LogP contribution in [0.2, 0.25) is 5.02 Å². The van der Waals surface area contributed by atoms with Crippen molar-refractivity contribution in [3.8, 4) is 0 Å². The second-order valence-electron chi connectivity index (χ2n) is 4.90. The number of carbonyl (C=O) groups excluding carboxylic acids is 1. The summed E-state index contributed by atoms with van der Waals surface area (Å²) in [5.74, 6) is -0.227. The summed E-state index contributed by atoms with van der Waals surface area (Å²) in [6, 6.07) is 6.43. The average Bonchev–Trinajstić information content (AvgIpc) is 2.43. The quantitative estimate of drug-likeness (QED) is 0.838.